The van der Waals surface area contributed by atoms with Crippen LogP contribution in [-0.2, 0) is 6.18 Å². The fraction of sp³-hybridized carbons (Fsp3) is 0.286. The first kappa shape index (κ1) is 16.0. The van der Waals surface area contributed by atoms with Crippen molar-refractivity contribution in [2.45, 2.75) is 12.6 Å². The summed E-state index contributed by atoms with van der Waals surface area (Å²) in [5.74, 6) is 0. The number of alkyl halides is 3. The normalized spacial score (nSPS) is 11.5. The summed E-state index contributed by atoms with van der Waals surface area (Å²) in [6.45, 7) is 0.999. The van der Waals surface area contributed by atoms with Gasteiger partial charge in [-0.05, 0) is 25.1 Å². The predicted octanol–water partition coefficient (Wildman–Crippen LogP) is 2.22. The van der Waals surface area contributed by atoms with Crippen molar-refractivity contribution in [1.82, 2.24) is 9.97 Å². The number of halogens is 3. The van der Waals surface area contributed by atoms with Gasteiger partial charge in [0.05, 0.1) is 23.1 Å². The first-order chi connectivity index (χ1) is 10.4. The Morgan fingerprint density at radius 2 is 2.09 bits per heavy atom. The van der Waals surface area contributed by atoms with E-state index in [4.69, 9.17) is 5.73 Å². The zero-order chi connectivity index (χ0) is 16.2. The number of hydrogen-bond acceptors (Lipinski definition) is 4. The van der Waals surface area contributed by atoms with Crippen molar-refractivity contribution < 1.29 is 13.2 Å². The molecule has 1 aromatic heterocycles. The molecule has 0 unspecified atom stereocenters. The number of hydrogen-bond donors (Lipinski definition) is 3. The molecule has 2 aromatic rings. The molecule has 1 aromatic carbocycles. The van der Waals surface area contributed by atoms with Crippen molar-refractivity contribution in [2.75, 3.05) is 18.4 Å². The Balaban J connectivity index is 2.42. The van der Waals surface area contributed by atoms with Crippen LogP contribution in [0.4, 0.5) is 18.9 Å². The second-order valence-electron chi connectivity index (χ2n) is 4.62. The van der Waals surface area contributed by atoms with Gasteiger partial charge in [0.1, 0.15) is 0 Å². The third kappa shape index (κ3) is 3.85. The van der Waals surface area contributed by atoms with Gasteiger partial charge in [-0.2, -0.15) is 18.2 Å². The second kappa shape index (κ2) is 6.61. The molecule has 0 radical (unpaired) electrons. The Morgan fingerprint density at radius 3 is 2.77 bits per heavy atom. The van der Waals surface area contributed by atoms with Gasteiger partial charge in [-0.1, -0.05) is 12.1 Å². The molecule has 22 heavy (non-hydrogen) atoms. The molecule has 8 heteroatoms. The first-order valence-electron chi connectivity index (χ1n) is 6.62. The molecule has 4 N–H and O–H groups in total. The maximum Gasteiger partial charge on any atom is 0.416 e. The van der Waals surface area contributed by atoms with E-state index in [1.807, 2.05) is 0 Å². The highest BCUT2D eigenvalue weighted by Crippen LogP contribution is 2.33. The molecule has 0 atom stereocenters. The van der Waals surface area contributed by atoms with E-state index in [2.05, 4.69) is 15.3 Å². The van der Waals surface area contributed by atoms with Crippen LogP contribution in [0.25, 0.3) is 11.3 Å². The molecule has 0 fully saturated rings. The van der Waals surface area contributed by atoms with Crippen molar-refractivity contribution in [3.8, 4) is 11.3 Å². The smallest absolute Gasteiger partial charge is 0.382 e. The van der Waals surface area contributed by atoms with E-state index < -0.39 is 17.4 Å². The van der Waals surface area contributed by atoms with Gasteiger partial charge in [0, 0.05) is 12.1 Å². The van der Waals surface area contributed by atoms with Crippen LogP contribution in [0, 0.1) is 0 Å². The minimum Gasteiger partial charge on any atom is -0.382 e. The van der Waals surface area contributed by atoms with Crippen LogP contribution in [0.5, 0.6) is 0 Å². The van der Waals surface area contributed by atoms with E-state index in [1.54, 1.807) is 0 Å². The summed E-state index contributed by atoms with van der Waals surface area (Å²) >= 11 is 0. The van der Waals surface area contributed by atoms with E-state index in [0.29, 0.717) is 25.2 Å². The van der Waals surface area contributed by atoms with Crippen molar-refractivity contribution in [1.29, 1.82) is 0 Å². The van der Waals surface area contributed by atoms with Crippen LogP contribution in [0.3, 0.4) is 0 Å². The lowest BCUT2D eigenvalue weighted by atomic mass is 10.1. The van der Waals surface area contributed by atoms with Crippen LogP contribution in [0.1, 0.15) is 12.0 Å². The van der Waals surface area contributed by atoms with Gasteiger partial charge >= 0.3 is 11.9 Å². The highest BCUT2D eigenvalue weighted by molar-refractivity contribution is 5.73. The van der Waals surface area contributed by atoms with Crippen molar-refractivity contribution in [3.05, 3.63) is 46.5 Å². The van der Waals surface area contributed by atoms with Gasteiger partial charge in [-0.3, -0.25) is 0 Å². The lowest BCUT2D eigenvalue weighted by Gasteiger charge is -2.13. The van der Waals surface area contributed by atoms with Crippen LogP contribution in [-0.4, -0.2) is 23.1 Å². The quantitative estimate of drug-likeness (QED) is 0.739. The monoisotopic (exact) mass is 312 g/mol. The van der Waals surface area contributed by atoms with Crippen molar-refractivity contribution in [3.63, 3.8) is 0 Å². The Bertz CT molecular complexity index is 697. The molecule has 0 spiro atoms. The average molecular weight is 312 g/mol. The maximum atomic E-state index is 12.8. The summed E-state index contributed by atoms with van der Waals surface area (Å²) in [5, 5.41) is 3.00. The number of benzene rings is 1. The van der Waals surface area contributed by atoms with Gasteiger partial charge in [-0.15, -0.1) is 0 Å². The largest absolute Gasteiger partial charge is 0.416 e. The molecule has 0 aliphatic carbocycles. The highest BCUT2D eigenvalue weighted by Gasteiger charge is 2.30. The molecular formula is C14H15F3N4O. The molecule has 5 nitrogen and oxygen atoms in total. The molecule has 2 rings (SSSR count). The molecule has 118 valence electrons. The Morgan fingerprint density at radius 1 is 1.32 bits per heavy atom. The van der Waals surface area contributed by atoms with Crippen LogP contribution in [0.2, 0.25) is 0 Å². The summed E-state index contributed by atoms with van der Waals surface area (Å²) in [6, 6.07) is 4.75. The number of nitrogens with one attached hydrogen (secondary N) is 2. The summed E-state index contributed by atoms with van der Waals surface area (Å²) < 4.78 is 38.4. The summed E-state index contributed by atoms with van der Waals surface area (Å²) in [7, 11) is 0. The molecule has 0 saturated heterocycles. The number of anilines is 1. The lowest BCUT2D eigenvalue weighted by Crippen LogP contribution is -2.15. The van der Waals surface area contributed by atoms with Crippen molar-refractivity contribution >= 4 is 5.69 Å². The van der Waals surface area contributed by atoms with Gasteiger partial charge in [0.25, 0.3) is 0 Å². The molecule has 0 bridgehead atoms. The van der Waals surface area contributed by atoms with Crippen molar-refractivity contribution in [2.24, 2.45) is 5.73 Å². The SMILES string of the molecule is NCCCNc1cnc(=O)[nH]c1-c1cccc(C(F)(F)F)c1. The molecule has 0 amide bonds. The van der Waals surface area contributed by atoms with Gasteiger partial charge in [0.15, 0.2) is 0 Å². The minimum absolute atomic E-state index is 0.254. The highest BCUT2D eigenvalue weighted by atomic mass is 19.4. The summed E-state index contributed by atoms with van der Waals surface area (Å²) in [5.41, 5.74) is 4.96. The predicted molar refractivity (Wildman–Crippen MR) is 77.5 cm³/mol. The molecule has 1 heterocycles. The second-order valence-corrected chi connectivity index (χ2v) is 4.62. The zero-order valence-electron chi connectivity index (χ0n) is 11.6. The number of nitrogens with zero attached hydrogens (tertiary/aromatic N) is 1. The molecule has 0 aliphatic heterocycles. The summed E-state index contributed by atoms with van der Waals surface area (Å²) in [6.07, 6.45) is -2.47. The maximum absolute atomic E-state index is 12.8. The fourth-order valence-corrected chi connectivity index (χ4v) is 1.93. The topological polar surface area (TPSA) is 83.8 Å². The Kier molecular flexibility index (Phi) is 4.81. The molecular weight excluding hydrogens is 297 g/mol. The van der Waals surface area contributed by atoms with Gasteiger partial charge in [0.2, 0.25) is 0 Å². The van der Waals surface area contributed by atoms with Gasteiger partial charge in [-0.25, -0.2) is 4.79 Å². The number of nitrogens with two attached hydrogens (primary N) is 1. The summed E-state index contributed by atoms with van der Waals surface area (Å²) in [4.78, 5) is 17.4. The third-order valence-electron chi connectivity index (χ3n) is 2.99. The number of H-pyrrole nitrogens is 1. The number of rotatable bonds is 5. The first-order valence-corrected chi connectivity index (χ1v) is 6.62. The van der Waals surface area contributed by atoms with E-state index in [9.17, 15) is 18.0 Å². The molecule has 0 saturated carbocycles. The zero-order valence-corrected chi connectivity index (χ0v) is 11.6. The van der Waals surface area contributed by atoms with Crippen LogP contribution >= 0.6 is 0 Å². The minimum atomic E-state index is -4.45. The van der Waals surface area contributed by atoms with E-state index in [0.717, 1.165) is 12.1 Å². The number of aromatic nitrogens is 2. The van der Waals surface area contributed by atoms with Crippen LogP contribution in [0.15, 0.2) is 35.3 Å². The van der Waals surface area contributed by atoms with E-state index in [-0.39, 0.29) is 11.3 Å². The third-order valence-corrected chi connectivity index (χ3v) is 2.99. The Labute approximate surface area is 124 Å². The Hall–Kier alpha value is -2.35. The number of aromatic amines is 1. The van der Waals surface area contributed by atoms with E-state index in [1.165, 1.54) is 18.3 Å². The lowest BCUT2D eigenvalue weighted by molar-refractivity contribution is -0.137. The standard InChI is InChI=1S/C14H15F3N4O/c15-14(16,17)10-4-1-3-9(7-10)12-11(19-6-2-5-18)8-20-13(22)21-12/h1,3-4,7-8,19H,2,5-6,18H2,(H,20,21,22). The van der Waals surface area contributed by atoms with Crippen LogP contribution < -0.4 is 16.7 Å². The average Bonchev–Trinajstić information content (AvgIpc) is 2.48. The van der Waals surface area contributed by atoms with E-state index >= 15 is 0 Å². The molecule has 0 aliphatic rings. The van der Waals surface area contributed by atoms with Gasteiger partial charge < -0.3 is 16.0 Å². The fourth-order valence-electron chi connectivity index (χ4n) is 1.93.